The molecule has 2 aliphatic heterocycles. The molecule has 144 valence electrons. The number of hydrogen-bond donors (Lipinski definition) is 0. The molecule has 0 aliphatic carbocycles. The van der Waals surface area contributed by atoms with Gasteiger partial charge in [0.25, 0.3) is 5.91 Å². The van der Waals surface area contributed by atoms with Crippen LogP contribution in [0.4, 0.5) is 0 Å². The van der Waals surface area contributed by atoms with E-state index in [1.54, 1.807) is 25.4 Å². The third-order valence-corrected chi connectivity index (χ3v) is 5.74. The zero-order chi connectivity index (χ0) is 18.9. The first kappa shape index (κ1) is 17.8. The molecule has 0 aromatic carbocycles. The van der Waals surface area contributed by atoms with Gasteiger partial charge >= 0.3 is 0 Å². The van der Waals surface area contributed by atoms with Crippen molar-refractivity contribution in [2.45, 2.75) is 25.7 Å². The molecule has 0 N–H and O–H groups in total. The van der Waals surface area contributed by atoms with E-state index in [1.807, 2.05) is 9.80 Å². The standard InChI is InChI=1S/C18H24N6O3/c1-27-10-2-6-23-13-18(12-16(23)25)4-8-22(9-5-18)17(26)14-3-7-24-15(11-14)19-20-21-24/h3,7,11H,2,4-6,8-10,12-13H2,1H3. The highest BCUT2D eigenvalue weighted by Crippen LogP contribution is 2.41. The van der Waals surface area contributed by atoms with Gasteiger partial charge in [-0.25, -0.2) is 4.52 Å². The van der Waals surface area contributed by atoms with Gasteiger partial charge in [-0.15, -0.1) is 5.10 Å². The predicted molar refractivity (Wildman–Crippen MR) is 96.0 cm³/mol. The number of hydrogen-bond acceptors (Lipinski definition) is 6. The lowest BCUT2D eigenvalue weighted by molar-refractivity contribution is -0.128. The Hall–Kier alpha value is -2.55. The van der Waals surface area contributed by atoms with E-state index >= 15 is 0 Å². The van der Waals surface area contributed by atoms with Gasteiger partial charge in [-0.1, -0.05) is 0 Å². The van der Waals surface area contributed by atoms with Crippen LogP contribution in [0, 0.1) is 5.41 Å². The number of fused-ring (bicyclic) bond motifs is 1. The number of ether oxygens (including phenoxy) is 1. The number of likely N-dealkylation sites (tertiary alicyclic amines) is 2. The molecule has 27 heavy (non-hydrogen) atoms. The maximum atomic E-state index is 12.8. The summed E-state index contributed by atoms with van der Waals surface area (Å²) in [6, 6.07) is 3.45. The summed E-state index contributed by atoms with van der Waals surface area (Å²) in [5, 5.41) is 11.3. The van der Waals surface area contributed by atoms with Crippen LogP contribution in [-0.2, 0) is 9.53 Å². The predicted octanol–water partition coefficient (Wildman–Crippen LogP) is 0.615. The molecule has 9 nitrogen and oxygen atoms in total. The first-order chi connectivity index (χ1) is 13.1. The average molecular weight is 372 g/mol. The van der Waals surface area contributed by atoms with Crippen molar-refractivity contribution in [2.75, 3.05) is 39.9 Å². The number of rotatable bonds is 5. The number of tetrazole rings is 1. The molecule has 2 aromatic heterocycles. The van der Waals surface area contributed by atoms with Crippen molar-refractivity contribution in [1.29, 1.82) is 0 Å². The fraction of sp³-hybridized carbons (Fsp3) is 0.611. The molecule has 1 spiro atoms. The van der Waals surface area contributed by atoms with E-state index in [1.165, 1.54) is 4.52 Å². The van der Waals surface area contributed by atoms with E-state index in [-0.39, 0.29) is 17.2 Å². The summed E-state index contributed by atoms with van der Waals surface area (Å²) < 4.78 is 6.61. The van der Waals surface area contributed by atoms with Gasteiger partial charge in [-0.05, 0) is 41.8 Å². The van der Waals surface area contributed by atoms with Crippen LogP contribution in [0.3, 0.4) is 0 Å². The Morgan fingerprint density at radius 1 is 1.33 bits per heavy atom. The fourth-order valence-electron chi connectivity index (χ4n) is 4.16. The van der Waals surface area contributed by atoms with Crippen LogP contribution >= 0.6 is 0 Å². The van der Waals surface area contributed by atoms with Crippen molar-refractivity contribution in [3.05, 3.63) is 23.9 Å². The summed E-state index contributed by atoms with van der Waals surface area (Å²) in [5.41, 5.74) is 1.17. The lowest BCUT2D eigenvalue weighted by atomic mass is 9.77. The molecule has 9 heteroatoms. The number of piperidine rings is 1. The Bertz CT molecular complexity index is 842. The third kappa shape index (κ3) is 3.51. The zero-order valence-electron chi connectivity index (χ0n) is 15.5. The van der Waals surface area contributed by atoms with E-state index < -0.39 is 0 Å². The summed E-state index contributed by atoms with van der Waals surface area (Å²) in [6.45, 7) is 3.58. The van der Waals surface area contributed by atoms with Crippen LogP contribution in [0.2, 0.25) is 0 Å². The second kappa shape index (κ2) is 7.22. The normalized spacial score (nSPS) is 19.4. The van der Waals surface area contributed by atoms with E-state index in [0.717, 1.165) is 32.4 Å². The molecule has 0 bridgehead atoms. The smallest absolute Gasteiger partial charge is 0.254 e. The van der Waals surface area contributed by atoms with E-state index in [4.69, 9.17) is 4.74 Å². The zero-order valence-corrected chi connectivity index (χ0v) is 15.5. The van der Waals surface area contributed by atoms with Gasteiger partial charge < -0.3 is 14.5 Å². The quantitative estimate of drug-likeness (QED) is 0.714. The van der Waals surface area contributed by atoms with Gasteiger partial charge in [0.2, 0.25) is 5.91 Å². The molecule has 4 heterocycles. The SMILES string of the molecule is COCCCN1CC2(CCN(C(=O)c3ccn4nnnc4c3)CC2)CC1=O. The summed E-state index contributed by atoms with van der Waals surface area (Å²) in [7, 11) is 1.68. The van der Waals surface area contributed by atoms with Gasteiger partial charge in [0, 0.05) is 63.5 Å². The lowest BCUT2D eigenvalue weighted by Gasteiger charge is -2.38. The van der Waals surface area contributed by atoms with Crippen LogP contribution in [0.15, 0.2) is 18.3 Å². The number of nitrogens with zero attached hydrogens (tertiary/aromatic N) is 6. The maximum Gasteiger partial charge on any atom is 0.254 e. The molecule has 2 amide bonds. The minimum absolute atomic E-state index is 0.00313. The maximum absolute atomic E-state index is 12.8. The number of amides is 2. The number of pyridine rings is 1. The third-order valence-electron chi connectivity index (χ3n) is 5.74. The van der Waals surface area contributed by atoms with Gasteiger partial charge in [0.15, 0.2) is 5.65 Å². The summed E-state index contributed by atoms with van der Waals surface area (Å²) in [5.74, 6) is 0.229. The average Bonchev–Trinajstić information content (AvgIpc) is 3.26. The molecular formula is C18H24N6O3. The van der Waals surface area contributed by atoms with Crippen molar-refractivity contribution < 1.29 is 14.3 Å². The Kier molecular flexibility index (Phi) is 4.77. The van der Waals surface area contributed by atoms with Gasteiger partial charge in [0.1, 0.15) is 0 Å². The van der Waals surface area contributed by atoms with Crippen LogP contribution in [-0.4, -0.2) is 81.6 Å². The summed E-state index contributed by atoms with van der Waals surface area (Å²) in [6.07, 6.45) is 4.88. The van der Waals surface area contributed by atoms with Crippen LogP contribution < -0.4 is 0 Å². The summed E-state index contributed by atoms with van der Waals surface area (Å²) >= 11 is 0. The molecule has 0 radical (unpaired) electrons. The summed E-state index contributed by atoms with van der Waals surface area (Å²) in [4.78, 5) is 29.0. The number of methoxy groups -OCH3 is 1. The van der Waals surface area contributed by atoms with Crippen LogP contribution in [0.5, 0.6) is 0 Å². The molecular weight excluding hydrogens is 348 g/mol. The molecule has 2 fully saturated rings. The number of carbonyl (C=O) groups excluding carboxylic acids is 2. The van der Waals surface area contributed by atoms with Gasteiger partial charge in [0.05, 0.1) is 0 Å². The highest BCUT2D eigenvalue weighted by molar-refractivity contribution is 5.95. The van der Waals surface area contributed by atoms with Crippen molar-refractivity contribution in [1.82, 2.24) is 29.8 Å². The van der Waals surface area contributed by atoms with Gasteiger partial charge in [-0.2, -0.15) is 0 Å². The molecule has 0 unspecified atom stereocenters. The van der Waals surface area contributed by atoms with Crippen molar-refractivity contribution in [3.63, 3.8) is 0 Å². The van der Waals surface area contributed by atoms with Gasteiger partial charge in [-0.3, -0.25) is 9.59 Å². The highest BCUT2D eigenvalue weighted by Gasteiger charge is 2.45. The molecule has 2 aromatic rings. The molecule has 0 saturated carbocycles. The van der Waals surface area contributed by atoms with Crippen LogP contribution in [0.25, 0.3) is 5.65 Å². The van der Waals surface area contributed by atoms with E-state index in [0.29, 0.717) is 37.3 Å². The Morgan fingerprint density at radius 3 is 2.93 bits per heavy atom. The van der Waals surface area contributed by atoms with Crippen molar-refractivity contribution in [3.8, 4) is 0 Å². The van der Waals surface area contributed by atoms with E-state index in [9.17, 15) is 9.59 Å². The Labute approximate surface area is 157 Å². The highest BCUT2D eigenvalue weighted by atomic mass is 16.5. The fourth-order valence-corrected chi connectivity index (χ4v) is 4.16. The second-order valence-corrected chi connectivity index (χ2v) is 7.53. The molecule has 2 aliphatic rings. The number of carbonyl (C=O) groups is 2. The van der Waals surface area contributed by atoms with Crippen molar-refractivity contribution in [2.24, 2.45) is 5.41 Å². The number of aromatic nitrogens is 4. The Morgan fingerprint density at radius 2 is 2.15 bits per heavy atom. The lowest BCUT2D eigenvalue weighted by Crippen LogP contribution is -2.44. The topological polar surface area (TPSA) is 92.9 Å². The first-order valence-electron chi connectivity index (χ1n) is 9.34. The minimum atomic E-state index is -0.00313. The first-order valence-corrected chi connectivity index (χ1v) is 9.34. The largest absolute Gasteiger partial charge is 0.385 e. The molecule has 4 rings (SSSR count). The monoisotopic (exact) mass is 372 g/mol. The Balaban J connectivity index is 1.37. The van der Waals surface area contributed by atoms with E-state index in [2.05, 4.69) is 15.5 Å². The minimum Gasteiger partial charge on any atom is -0.385 e. The second-order valence-electron chi connectivity index (χ2n) is 7.53. The molecule has 2 saturated heterocycles. The molecule has 0 atom stereocenters. The van der Waals surface area contributed by atoms with Crippen molar-refractivity contribution >= 4 is 17.5 Å². The van der Waals surface area contributed by atoms with Crippen LogP contribution in [0.1, 0.15) is 36.0 Å².